The molecule has 1 atom stereocenters. The van der Waals surface area contributed by atoms with Gasteiger partial charge in [-0.25, -0.2) is 9.97 Å². The van der Waals surface area contributed by atoms with Gasteiger partial charge in [-0.05, 0) is 26.2 Å². The second-order valence-electron chi connectivity index (χ2n) is 7.74. The quantitative estimate of drug-likeness (QED) is 0.825. The molecular weight excluding hydrogens is 304 g/mol. The Labute approximate surface area is 143 Å². The van der Waals surface area contributed by atoms with Gasteiger partial charge >= 0.3 is 0 Å². The highest BCUT2D eigenvalue weighted by Crippen LogP contribution is 2.41. The fraction of sp³-hybridized carbons (Fsp3) is 0.722. The Morgan fingerprint density at radius 2 is 2.12 bits per heavy atom. The number of carbonyl (C=O) groups is 1. The topological polar surface area (TPSA) is 58.6 Å². The largest absolute Gasteiger partial charge is 0.376 e. The van der Waals surface area contributed by atoms with E-state index in [1.54, 1.807) is 0 Å². The summed E-state index contributed by atoms with van der Waals surface area (Å²) in [6.45, 7) is 4.81. The van der Waals surface area contributed by atoms with Gasteiger partial charge < -0.3 is 14.5 Å². The minimum absolute atomic E-state index is 0.161. The van der Waals surface area contributed by atoms with Crippen molar-refractivity contribution >= 4 is 11.9 Å². The lowest BCUT2D eigenvalue weighted by molar-refractivity contribution is -0.137. The molecule has 0 N–H and O–H groups in total. The van der Waals surface area contributed by atoms with Gasteiger partial charge in [-0.2, -0.15) is 0 Å². The number of nitrogens with zero attached hydrogens (tertiary/aromatic N) is 4. The molecule has 2 fully saturated rings. The second kappa shape index (κ2) is 5.69. The van der Waals surface area contributed by atoms with E-state index < -0.39 is 0 Å². The number of ether oxygens (including phenoxy) is 1. The molecule has 2 aliphatic heterocycles. The highest BCUT2D eigenvalue weighted by atomic mass is 16.5. The Kier molecular flexibility index (Phi) is 3.75. The maximum Gasteiger partial charge on any atom is 0.225 e. The van der Waals surface area contributed by atoms with Gasteiger partial charge in [0.2, 0.25) is 11.9 Å². The third-order valence-corrected chi connectivity index (χ3v) is 5.85. The van der Waals surface area contributed by atoms with E-state index in [4.69, 9.17) is 9.72 Å². The molecule has 1 aromatic heterocycles. The summed E-state index contributed by atoms with van der Waals surface area (Å²) in [5, 5.41) is 0. The average molecular weight is 330 g/mol. The zero-order valence-electron chi connectivity index (χ0n) is 14.8. The maximum atomic E-state index is 12.7. The van der Waals surface area contributed by atoms with Crippen LogP contribution in [0, 0.1) is 12.8 Å². The predicted molar refractivity (Wildman–Crippen MR) is 91.0 cm³/mol. The van der Waals surface area contributed by atoms with Crippen LogP contribution in [0.3, 0.4) is 0 Å². The Bertz CT molecular complexity index is 671. The van der Waals surface area contributed by atoms with E-state index in [1.807, 2.05) is 25.9 Å². The molecule has 3 heterocycles. The summed E-state index contributed by atoms with van der Waals surface area (Å²) in [6.07, 6.45) is 4.24. The number of amides is 1. The third kappa shape index (κ3) is 2.39. The lowest BCUT2D eigenvalue weighted by Gasteiger charge is -2.36. The summed E-state index contributed by atoms with van der Waals surface area (Å²) in [7, 11) is 3.93. The smallest absolute Gasteiger partial charge is 0.225 e. The Morgan fingerprint density at radius 1 is 1.33 bits per heavy atom. The molecule has 3 aliphatic rings. The molecule has 1 amide bonds. The number of fused-ring (bicyclic) bond motifs is 2. The van der Waals surface area contributed by atoms with Crippen molar-refractivity contribution in [1.29, 1.82) is 0 Å². The molecule has 1 saturated heterocycles. The first-order valence-electron chi connectivity index (χ1n) is 8.92. The van der Waals surface area contributed by atoms with Gasteiger partial charge in [0.25, 0.3) is 0 Å². The first-order valence-corrected chi connectivity index (χ1v) is 8.92. The zero-order valence-corrected chi connectivity index (χ0v) is 14.8. The van der Waals surface area contributed by atoms with Gasteiger partial charge in [0, 0.05) is 44.4 Å². The first-order chi connectivity index (χ1) is 11.5. The summed E-state index contributed by atoms with van der Waals surface area (Å²) >= 11 is 0. The van der Waals surface area contributed by atoms with E-state index in [1.165, 1.54) is 6.42 Å². The molecule has 0 unspecified atom stereocenters. The minimum atomic E-state index is -0.161. The number of rotatable bonds is 2. The standard InChI is InChI=1S/C18H26N4O2/c1-12-14-9-24-11-18(15(14)20-17(19-12)21(2)3)7-8-22(10-18)16(23)13-5-4-6-13/h13H,4-11H2,1-3H3/t18-/m0/s1. The van der Waals surface area contributed by atoms with Gasteiger partial charge in [-0.3, -0.25) is 4.79 Å². The highest BCUT2D eigenvalue weighted by molar-refractivity contribution is 5.80. The van der Waals surface area contributed by atoms with Crippen LogP contribution in [-0.4, -0.2) is 54.6 Å². The SMILES string of the molecule is Cc1nc(N(C)C)nc2c1COC[C@@]21CCN(C(=O)C2CCC2)C1. The van der Waals surface area contributed by atoms with Gasteiger partial charge in [0.1, 0.15) is 0 Å². The van der Waals surface area contributed by atoms with Crippen LogP contribution in [0.25, 0.3) is 0 Å². The lowest BCUT2D eigenvalue weighted by atomic mass is 9.80. The Morgan fingerprint density at radius 3 is 2.79 bits per heavy atom. The molecule has 1 aromatic rings. The highest BCUT2D eigenvalue weighted by Gasteiger charge is 2.47. The monoisotopic (exact) mass is 330 g/mol. The van der Waals surface area contributed by atoms with Crippen LogP contribution in [0.1, 0.15) is 42.6 Å². The van der Waals surface area contributed by atoms with Crippen LogP contribution < -0.4 is 4.90 Å². The van der Waals surface area contributed by atoms with Gasteiger partial charge in [0.05, 0.1) is 24.3 Å². The molecule has 0 bridgehead atoms. The molecule has 4 rings (SSSR count). The van der Waals surface area contributed by atoms with Gasteiger partial charge in [0.15, 0.2) is 0 Å². The van der Waals surface area contributed by atoms with Crippen LogP contribution in [0.2, 0.25) is 0 Å². The van der Waals surface area contributed by atoms with Crippen molar-refractivity contribution < 1.29 is 9.53 Å². The number of hydrogen-bond donors (Lipinski definition) is 0. The van der Waals surface area contributed by atoms with Crippen LogP contribution in [0.5, 0.6) is 0 Å². The molecular formula is C18H26N4O2. The zero-order chi connectivity index (χ0) is 16.9. The van der Waals surface area contributed by atoms with E-state index in [-0.39, 0.29) is 11.3 Å². The van der Waals surface area contributed by atoms with Crippen molar-refractivity contribution in [3.05, 3.63) is 17.0 Å². The van der Waals surface area contributed by atoms with Crippen LogP contribution in [-0.2, 0) is 21.6 Å². The number of aryl methyl sites for hydroxylation is 1. The van der Waals surface area contributed by atoms with Crippen LogP contribution >= 0.6 is 0 Å². The summed E-state index contributed by atoms with van der Waals surface area (Å²) in [5.74, 6) is 1.34. The van der Waals surface area contributed by atoms with Gasteiger partial charge in [-0.1, -0.05) is 6.42 Å². The molecule has 0 aromatic carbocycles. The number of carbonyl (C=O) groups excluding carboxylic acids is 1. The molecule has 6 nitrogen and oxygen atoms in total. The van der Waals surface area contributed by atoms with Crippen molar-refractivity contribution in [2.45, 2.75) is 44.6 Å². The van der Waals surface area contributed by atoms with Crippen molar-refractivity contribution in [1.82, 2.24) is 14.9 Å². The summed E-state index contributed by atoms with van der Waals surface area (Å²) in [6, 6.07) is 0. The van der Waals surface area contributed by atoms with Gasteiger partial charge in [-0.15, -0.1) is 0 Å². The maximum absolute atomic E-state index is 12.7. The molecule has 1 spiro atoms. The molecule has 0 radical (unpaired) electrons. The molecule has 1 aliphatic carbocycles. The van der Waals surface area contributed by atoms with E-state index in [2.05, 4.69) is 9.88 Å². The fourth-order valence-corrected chi connectivity index (χ4v) is 4.09. The van der Waals surface area contributed by atoms with Crippen molar-refractivity contribution in [2.24, 2.45) is 5.92 Å². The normalized spacial score (nSPS) is 26.4. The van der Waals surface area contributed by atoms with E-state index in [0.29, 0.717) is 19.1 Å². The number of likely N-dealkylation sites (tertiary alicyclic amines) is 1. The van der Waals surface area contributed by atoms with Crippen molar-refractivity contribution in [3.8, 4) is 0 Å². The number of aromatic nitrogens is 2. The van der Waals surface area contributed by atoms with Crippen LogP contribution in [0.4, 0.5) is 5.95 Å². The van der Waals surface area contributed by atoms with Crippen molar-refractivity contribution in [3.63, 3.8) is 0 Å². The Balaban J connectivity index is 1.67. The molecule has 24 heavy (non-hydrogen) atoms. The number of hydrogen-bond acceptors (Lipinski definition) is 5. The summed E-state index contributed by atoms with van der Waals surface area (Å²) in [4.78, 5) is 26.1. The van der Waals surface area contributed by atoms with E-state index in [0.717, 1.165) is 55.3 Å². The third-order valence-electron chi connectivity index (χ3n) is 5.85. The summed E-state index contributed by atoms with van der Waals surface area (Å²) in [5.41, 5.74) is 3.05. The summed E-state index contributed by atoms with van der Waals surface area (Å²) < 4.78 is 5.91. The van der Waals surface area contributed by atoms with E-state index >= 15 is 0 Å². The number of anilines is 1. The van der Waals surface area contributed by atoms with E-state index in [9.17, 15) is 4.79 Å². The lowest BCUT2D eigenvalue weighted by Crippen LogP contribution is -2.44. The average Bonchev–Trinajstić information content (AvgIpc) is 2.91. The minimum Gasteiger partial charge on any atom is -0.376 e. The first kappa shape index (κ1) is 15.8. The van der Waals surface area contributed by atoms with Crippen molar-refractivity contribution in [2.75, 3.05) is 38.7 Å². The molecule has 130 valence electrons. The Hall–Kier alpha value is -1.69. The van der Waals surface area contributed by atoms with Crippen LogP contribution in [0.15, 0.2) is 0 Å². The fourth-order valence-electron chi connectivity index (χ4n) is 4.09. The molecule has 1 saturated carbocycles. The second-order valence-corrected chi connectivity index (χ2v) is 7.74. The molecule has 6 heteroatoms. The predicted octanol–water partition coefficient (Wildman–Crippen LogP) is 1.65.